The van der Waals surface area contributed by atoms with E-state index >= 15 is 0 Å². The Morgan fingerprint density at radius 2 is 1.75 bits per heavy atom. The molecule has 0 aliphatic carbocycles. The van der Waals surface area contributed by atoms with Crippen LogP contribution in [0, 0.1) is 0 Å². The first-order valence-electron chi connectivity index (χ1n) is 10.1. The molecule has 1 aromatic carbocycles. The number of hydrogen-bond donors (Lipinski definition) is 4. The van der Waals surface area contributed by atoms with Gasteiger partial charge in [0.1, 0.15) is 5.15 Å². The van der Waals surface area contributed by atoms with Crippen LogP contribution in [0.15, 0.2) is 77.7 Å². The second-order valence-electron chi connectivity index (χ2n) is 7.29. The van der Waals surface area contributed by atoms with Crippen LogP contribution in [0.4, 0.5) is 11.4 Å². The number of carbonyl (C=O) groups is 2. The molecule has 168 valence electrons. The molecular formula is C24H28ClN5O2. The molecule has 0 aliphatic rings. The van der Waals surface area contributed by atoms with Crippen molar-refractivity contribution in [3.63, 3.8) is 0 Å². The molecule has 32 heavy (non-hydrogen) atoms. The number of anilines is 2. The minimum absolute atomic E-state index is 0.222. The topological polar surface area (TPSA) is 109 Å². The Balaban J connectivity index is 1.93. The maximum atomic E-state index is 12.7. The molecule has 0 fully saturated rings. The van der Waals surface area contributed by atoms with Crippen molar-refractivity contribution in [3.05, 3.63) is 88.4 Å². The van der Waals surface area contributed by atoms with Crippen LogP contribution in [0.5, 0.6) is 0 Å². The van der Waals surface area contributed by atoms with Gasteiger partial charge in [0.15, 0.2) is 0 Å². The summed E-state index contributed by atoms with van der Waals surface area (Å²) in [6.07, 6.45) is 6.79. The van der Waals surface area contributed by atoms with Gasteiger partial charge in [0.2, 0.25) is 0 Å². The number of nitrogens with zero attached hydrogens (tertiary/aromatic N) is 1. The zero-order valence-electron chi connectivity index (χ0n) is 18.4. The van der Waals surface area contributed by atoms with Crippen molar-refractivity contribution in [2.75, 3.05) is 24.1 Å². The van der Waals surface area contributed by atoms with Crippen LogP contribution in [0.25, 0.3) is 0 Å². The molecule has 7 nitrogen and oxygen atoms in total. The molecule has 2 amide bonds. The molecule has 2 rings (SSSR count). The maximum Gasteiger partial charge on any atom is 0.255 e. The first-order valence-corrected chi connectivity index (χ1v) is 10.5. The van der Waals surface area contributed by atoms with Crippen LogP contribution in [0.2, 0.25) is 5.15 Å². The van der Waals surface area contributed by atoms with Crippen molar-refractivity contribution in [3.8, 4) is 0 Å². The maximum absolute atomic E-state index is 12.7. The second kappa shape index (κ2) is 12.3. The van der Waals surface area contributed by atoms with Gasteiger partial charge >= 0.3 is 0 Å². The van der Waals surface area contributed by atoms with Gasteiger partial charge < -0.3 is 21.7 Å². The summed E-state index contributed by atoms with van der Waals surface area (Å²) in [5.74, 6) is -0.475. The van der Waals surface area contributed by atoms with Gasteiger partial charge in [-0.15, -0.1) is 0 Å². The summed E-state index contributed by atoms with van der Waals surface area (Å²) < 4.78 is 0. The van der Waals surface area contributed by atoms with Gasteiger partial charge in [-0.2, -0.15) is 0 Å². The Labute approximate surface area is 193 Å². The average molecular weight is 454 g/mol. The number of hydrogen-bond acceptors (Lipinski definition) is 5. The third kappa shape index (κ3) is 8.28. The fourth-order valence-electron chi connectivity index (χ4n) is 2.63. The number of benzene rings is 1. The summed E-state index contributed by atoms with van der Waals surface area (Å²) in [4.78, 5) is 28.7. The number of rotatable bonds is 9. The standard InChI is InChI=1S/C24H28ClN5O2/c1-16(2)14-18(24(32)30-21-7-5-4-6-20(21)26)9-8-17(3)27-12-13-28-23(31)19-10-11-22(25)29-15-19/h4-11,14-15,27H,12-13,26H2,1-3H3,(H,28,31)(H,30,32)/b17-8+,18-9+. The van der Waals surface area contributed by atoms with Crippen LogP contribution in [-0.4, -0.2) is 29.9 Å². The molecule has 0 bridgehead atoms. The number of amides is 2. The quantitative estimate of drug-likeness (QED) is 0.150. The fraction of sp³-hybridized carbons (Fsp3) is 0.208. The summed E-state index contributed by atoms with van der Waals surface area (Å²) in [6, 6.07) is 10.3. The molecule has 8 heteroatoms. The van der Waals surface area contributed by atoms with Gasteiger partial charge in [-0.25, -0.2) is 4.98 Å². The number of allylic oxidation sites excluding steroid dienone is 4. The van der Waals surface area contributed by atoms with Crippen LogP contribution >= 0.6 is 11.6 Å². The molecular weight excluding hydrogens is 426 g/mol. The van der Waals surface area contributed by atoms with Crippen molar-refractivity contribution in [1.29, 1.82) is 0 Å². The second-order valence-corrected chi connectivity index (χ2v) is 7.67. The summed E-state index contributed by atoms with van der Waals surface area (Å²) in [6.45, 7) is 6.67. The summed E-state index contributed by atoms with van der Waals surface area (Å²) in [5, 5.41) is 9.17. The molecule has 0 unspecified atom stereocenters. The third-order valence-corrected chi connectivity index (χ3v) is 4.46. The zero-order valence-corrected chi connectivity index (χ0v) is 19.2. The highest BCUT2D eigenvalue weighted by atomic mass is 35.5. The highest BCUT2D eigenvalue weighted by Gasteiger charge is 2.09. The van der Waals surface area contributed by atoms with Gasteiger partial charge in [0.25, 0.3) is 11.8 Å². The lowest BCUT2D eigenvalue weighted by Crippen LogP contribution is -2.31. The summed E-state index contributed by atoms with van der Waals surface area (Å²) in [5.41, 5.74) is 9.76. The van der Waals surface area contributed by atoms with Gasteiger partial charge in [-0.1, -0.05) is 35.4 Å². The number of halogens is 1. The molecule has 0 saturated heterocycles. The van der Waals surface area contributed by atoms with E-state index in [4.69, 9.17) is 17.3 Å². The van der Waals surface area contributed by atoms with Gasteiger partial charge in [0.05, 0.1) is 16.9 Å². The van der Waals surface area contributed by atoms with E-state index in [0.717, 1.165) is 11.3 Å². The molecule has 5 N–H and O–H groups in total. The van der Waals surface area contributed by atoms with Crippen LogP contribution < -0.4 is 21.7 Å². The fourth-order valence-corrected chi connectivity index (χ4v) is 2.74. The minimum Gasteiger partial charge on any atom is -0.397 e. The lowest BCUT2D eigenvalue weighted by molar-refractivity contribution is -0.112. The predicted octanol–water partition coefficient (Wildman–Crippen LogP) is 4.07. The van der Waals surface area contributed by atoms with Crippen molar-refractivity contribution >= 4 is 34.8 Å². The SMILES string of the molecule is CC(C)=C/C(=C\C=C(/C)NCCNC(=O)c1ccc(Cl)nc1)C(=O)Nc1ccccc1N. The summed E-state index contributed by atoms with van der Waals surface area (Å²) >= 11 is 5.73. The monoisotopic (exact) mass is 453 g/mol. The number of para-hydroxylation sites is 2. The van der Waals surface area contributed by atoms with E-state index in [9.17, 15) is 9.59 Å². The lowest BCUT2D eigenvalue weighted by Gasteiger charge is -2.10. The lowest BCUT2D eigenvalue weighted by atomic mass is 10.1. The highest BCUT2D eigenvalue weighted by Crippen LogP contribution is 2.18. The van der Waals surface area contributed by atoms with E-state index < -0.39 is 0 Å². The van der Waals surface area contributed by atoms with Crippen LogP contribution in [0.1, 0.15) is 31.1 Å². The number of pyridine rings is 1. The molecule has 2 aromatic rings. The molecule has 1 aromatic heterocycles. The van der Waals surface area contributed by atoms with Gasteiger partial charge in [-0.05, 0) is 57.2 Å². The Morgan fingerprint density at radius 1 is 1.03 bits per heavy atom. The largest absolute Gasteiger partial charge is 0.397 e. The van der Waals surface area contributed by atoms with Crippen molar-refractivity contribution < 1.29 is 9.59 Å². The van der Waals surface area contributed by atoms with E-state index in [-0.39, 0.29) is 11.8 Å². The first-order chi connectivity index (χ1) is 15.3. The van der Waals surface area contributed by atoms with E-state index in [2.05, 4.69) is 20.9 Å². The van der Waals surface area contributed by atoms with E-state index in [1.807, 2.05) is 39.0 Å². The smallest absolute Gasteiger partial charge is 0.255 e. The first kappa shape index (κ1) is 24.7. The number of carbonyl (C=O) groups excluding carboxylic acids is 2. The normalized spacial score (nSPS) is 11.5. The molecule has 0 aliphatic heterocycles. The van der Waals surface area contributed by atoms with Crippen molar-refractivity contribution in [2.45, 2.75) is 20.8 Å². The van der Waals surface area contributed by atoms with Crippen molar-refractivity contribution in [2.24, 2.45) is 0 Å². The van der Waals surface area contributed by atoms with E-state index in [0.29, 0.717) is 40.8 Å². The van der Waals surface area contributed by atoms with Gasteiger partial charge in [0, 0.05) is 30.6 Å². The molecule has 0 radical (unpaired) electrons. The number of nitrogens with one attached hydrogen (secondary N) is 3. The number of aromatic nitrogens is 1. The Bertz CT molecular complexity index is 1040. The molecule has 0 saturated carbocycles. The average Bonchev–Trinajstić information content (AvgIpc) is 2.75. The van der Waals surface area contributed by atoms with E-state index in [1.165, 1.54) is 6.20 Å². The Hall–Kier alpha value is -3.58. The van der Waals surface area contributed by atoms with Gasteiger partial charge in [-0.3, -0.25) is 9.59 Å². The zero-order chi connectivity index (χ0) is 23.5. The number of nitrogen functional groups attached to an aromatic ring is 1. The molecule has 0 atom stereocenters. The number of nitrogens with two attached hydrogens (primary N) is 1. The van der Waals surface area contributed by atoms with Crippen LogP contribution in [-0.2, 0) is 4.79 Å². The molecule has 0 spiro atoms. The Kier molecular flexibility index (Phi) is 9.50. The minimum atomic E-state index is -0.253. The van der Waals surface area contributed by atoms with E-state index in [1.54, 1.807) is 36.4 Å². The Morgan fingerprint density at radius 3 is 2.41 bits per heavy atom. The predicted molar refractivity (Wildman–Crippen MR) is 130 cm³/mol. The van der Waals surface area contributed by atoms with Crippen molar-refractivity contribution in [1.82, 2.24) is 15.6 Å². The third-order valence-electron chi connectivity index (χ3n) is 4.23. The molecule has 1 heterocycles. The van der Waals surface area contributed by atoms with Crippen LogP contribution in [0.3, 0.4) is 0 Å². The highest BCUT2D eigenvalue weighted by molar-refractivity contribution is 6.29. The summed E-state index contributed by atoms with van der Waals surface area (Å²) in [7, 11) is 0.